The van der Waals surface area contributed by atoms with Gasteiger partial charge in [-0.15, -0.1) is 0 Å². The van der Waals surface area contributed by atoms with Crippen molar-refractivity contribution in [1.29, 1.82) is 0 Å². The summed E-state index contributed by atoms with van der Waals surface area (Å²) in [7, 11) is -3.37. The van der Waals surface area contributed by atoms with Crippen LogP contribution in [0.15, 0.2) is 65.8 Å². The zero-order chi connectivity index (χ0) is 18.7. The molecular weight excluding hydrogens is 378 g/mol. The molecule has 0 saturated heterocycles. The van der Waals surface area contributed by atoms with Gasteiger partial charge in [0.1, 0.15) is 0 Å². The fraction of sp³-hybridized carbons (Fsp3) is 0.0588. The maximum absolute atomic E-state index is 12.0. The predicted molar refractivity (Wildman–Crippen MR) is 97.8 cm³/mol. The Balaban J connectivity index is 1.71. The number of benzene rings is 2. The number of amides is 1. The minimum absolute atomic E-state index is 0.0989. The summed E-state index contributed by atoms with van der Waals surface area (Å²) in [5.41, 5.74) is 0.946. The van der Waals surface area contributed by atoms with Gasteiger partial charge in [-0.2, -0.15) is 5.10 Å². The first kappa shape index (κ1) is 18.0. The van der Waals surface area contributed by atoms with E-state index in [9.17, 15) is 13.2 Å². The molecular formula is C17H14ClN3O4S. The summed E-state index contributed by atoms with van der Waals surface area (Å²) in [5, 5.41) is 7.08. The molecule has 2 aromatic carbocycles. The monoisotopic (exact) mass is 391 g/mol. The zero-order valence-electron chi connectivity index (χ0n) is 13.6. The summed E-state index contributed by atoms with van der Waals surface area (Å²) in [6, 6.07) is 13.0. The molecule has 1 heterocycles. The van der Waals surface area contributed by atoms with Crippen molar-refractivity contribution >= 4 is 33.2 Å². The number of aromatic nitrogens is 2. The summed E-state index contributed by atoms with van der Waals surface area (Å²) in [6.45, 7) is 0. The van der Waals surface area contributed by atoms with Gasteiger partial charge in [0.15, 0.2) is 15.6 Å². The molecule has 0 aliphatic carbocycles. The molecule has 134 valence electrons. The number of nitrogens with zero attached hydrogens (tertiary/aromatic N) is 2. The Morgan fingerprint density at radius 2 is 1.96 bits per heavy atom. The van der Waals surface area contributed by atoms with Crippen LogP contribution in [-0.2, 0) is 9.84 Å². The molecule has 3 aromatic rings. The average Bonchev–Trinajstić information content (AvgIpc) is 3.02. The normalized spacial score (nSPS) is 11.2. The molecule has 26 heavy (non-hydrogen) atoms. The van der Waals surface area contributed by atoms with Crippen molar-refractivity contribution in [3.8, 4) is 11.4 Å². The van der Waals surface area contributed by atoms with E-state index in [0.29, 0.717) is 16.4 Å². The highest BCUT2D eigenvalue weighted by atomic mass is 35.5. The van der Waals surface area contributed by atoms with E-state index in [1.54, 1.807) is 24.3 Å². The van der Waals surface area contributed by atoms with Gasteiger partial charge in [0.05, 0.1) is 28.0 Å². The van der Waals surface area contributed by atoms with E-state index in [1.165, 1.54) is 35.3 Å². The summed E-state index contributed by atoms with van der Waals surface area (Å²) in [6.07, 6.45) is 3.20. The van der Waals surface area contributed by atoms with E-state index < -0.39 is 15.9 Å². The Bertz CT molecular complexity index is 1060. The van der Waals surface area contributed by atoms with Crippen LogP contribution in [0.2, 0.25) is 5.02 Å². The summed E-state index contributed by atoms with van der Waals surface area (Å²) < 4.78 is 29.8. The number of nitrogens with one attached hydrogen (secondary N) is 1. The van der Waals surface area contributed by atoms with Gasteiger partial charge in [0.25, 0.3) is 0 Å². The van der Waals surface area contributed by atoms with Crippen LogP contribution in [0.1, 0.15) is 0 Å². The van der Waals surface area contributed by atoms with Gasteiger partial charge >= 0.3 is 6.09 Å². The van der Waals surface area contributed by atoms with Crippen LogP contribution < -0.4 is 10.1 Å². The number of para-hydroxylation sites is 1. The molecule has 0 aliphatic rings. The van der Waals surface area contributed by atoms with E-state index in [-0.39, 0.29) is 10.6 Å². The van der Waals surface area contributed by atoms with Gasteiger partial charge in [-0.3, -0.25) is 5.32 Å². The smallest absolute Gasteiger partial charge is 0.407 e. The first-order valence-electron chi connectivity index (χ1n) is 7.41. The lowest BCUT2D eigenvalue weighted by atomic mass is 10.3. The Labute approximate surface area is 155 Å². The third-order valence-corrected chi connectivity index (χ3v) is 4.81. The van der Waals surface area contributed by atoms with Crippen LogP contribution in [0.25, 0.3) is 5.69 Å². The second-order valence-corrected chi connectivity index (χ2v) is 7.81. The van der Waals surface area contributed by atoms with Crippen LogP contribution >= 0.6 is 11.6 Å². The zero-order valence-corrected chi connectivity index (χ0v) is 15.2. The number of hydrogen-bond donors (Lipinski definition) is 1. The number of hydrogen-bond acceptors (Lipinski definition) is 5. The van der Waals surface area contributed by atoms with E-state index in [4.69, 9.17) is 16.3 Å². The molecule has 1 aromatic heterocycles. The summed E-state index contributed by atoms with van der Waals surface area (Å²) >= 11 is 6.10. The molecule has 1 amide bonds. The first-order valence-corrected chi connectivity index (χ1v) is 9.68. The molecule has 7 nitrogen and oxygen atoms in total. The van der Waals surface area contributed by atoms with E-state index >= 15 is 0 Å². The van der Waals surface area contributed by atoms with Crippen LogP contribution in [0.3, 0.4) is 0 Å². The molecule has 0 fully saturated rings. The first-order chi connectivity index (χ1) is 12.3. The molecule has 0 unspecified atom stereocenters. The topological polar surface area (TPSA) is 90.3 Å². The molecule has 0 radical (unpaired) electrons. The lowest BCUT2D eigenvalue weighted by Crippen LogP contribution is -2.16. The number of carbonyl (C=O) groups excluding carboxylic acids is 1. The number of carbonyl (C=O) groups is 1. The lowest BCUT2D eigenvalue weighted by Gasteiger charge is -2.06. The Morgan fingerprint density at radius 3 is 2.69 bits per heavy atom. The average molecular weight is 392 g/mol. The number of rotatable bonds is 4. The highest BCUT2D eigenvalue weighted by Gasteiger charge is 2.12. The summed E-state index contributed by atoms with van der Waals surface area (Å²) in [4.78, 5) is 12.1. The molecule has 9 heteroatoms. The highest BCUT2D eigenvalue weighted by Crippen LogP contribution is 2.21. The van der Waals surface area contributed by atoms with Gasteiger partial charge in [0.2, 0.25) is 0 Å². The van der Waals surface area contributed by atoms with Crippen LogP contribution in [0.4, 0.5) is 10.5 Å². The van der Waals surface area contributed by atoms with Gasteiger partial charge in [-0.05, 0) is 30.3 Å². The van der Waals surface area contributed by atoms with Crippen LogP contribution in [0.5, 0.6) is 5.75 Å². The molecule has 3 rings (SSSR count). The third kappa shape index (κ3) is 4.22. The van der Waals surface area contributed by atoms with Crippen molar-refractivity contribution in [3.63, 3.8) is 0 Å². The molecule has 0 saturated carbocycles. The third-order valence-electron chi connectivity index (χ3n) is 3.38. The van der Waals surface area contributed by atoms with Crippen molar-refractivity contribution in [2.24, 2.45) is 0 Å². The van der Waals surface area contributed by atoms with Crippen molar-refractivity contribution in [2.45, 2.75) is 4.90 Å². The molecule has 0 atom stereocenters. The van der Waals surface area contributed by atoms with Gasteiger partial charge in [0, 0.05) is 11.9 Å². The largest absolute Gasteiger partial charge is 0.417 e. The Morgan fingerprint density at radius 1 is 1.19 bits per heavy atom. The van der Waals surface area contributed by atoms with Gasteiger partial charge < -0.3 is 4.74 Å². The standard InChI is InChI=1S/C17H14ClN3O4S/c1-26(23,24)14-6-4-5-12(9-14)20-17(22)25-13-10-19-21(11-13)16-8-3-2-7-15(16)18/h2-11H,1H3,(H,20,22). The highest BCUT2D eigenvalue weighted by molar-refractivity contribution is 7.90. The second kappa shape index (κ2) is 7.19. The second-order valence-electron chi connectivity index (χ2n) is 5.39. The van der Waals surface area contributed by atoms with Crippen molar-refractivity contribution in [1.82, 2.24) is 9.78 Å². The van der Waals surface area contributed by atoms with Crippen molar-refractivity contribution < 1.29 is 17.9 Å². The minimum atomic E-state index is -3.37. The van der Waals surface area contributed by atoms with Crippen molar-refractivity contribution in [3.05, 3.63) is 65.9 Å². The number of sulfone groups is 1. The summed E-state index contributed by atoms with van der Waals surface area (Å²) in [5.74, 6) is 0.210. The fourth-order valence-corrected chi connectivity index (χ4v) is 3.07. The van der Waals surface area contributed by atoms with Crippen LogP contribution in [0, 0.1) is 0 Å². The lowest BCUT2D eigenvalue weighted by molar-refractivity contribution is 0.215. The van der Waals surface area contributed by atoms with Crippen LogP contribution in [-0.4, -0.2) is 30.5 Å². The fourth-order valence-electron chi connectivity index (χ4n) is 2.18. The number of anilines is 1. The SMILES string of the molecule is CS(=O)(=O)c1cccc(NC(=O)Oc2cnn(-c3ccccc3Cl)c2)c1. The number of ether oxygens (including phenoxy) is 1. The quantitative estimate of drug-likeness (QED) is 0.734. The maximum atomic E-state index is 12.0. The van der Waals surface area contributed by atoms with Gasteiger partial charge in [-0.1, -0.05) is 29.8 Å². The maximum Gasteiger partial charge on any atom is 0.417 e. The Hall–Kier alpha value is -2.84. The minimum Gasteiger partial charge on any atom is -0.407 e. The predicted octanol–water partition coefficient (Wildman–Crippen LogP) is 3.54. The molecule has 0 aliphatic heterocycles. The van der Waals surface area contributed by atoms with E-state index in [1.807, 2.05) is 6.07 Å². The number of halogens is 1. The van der Waals surface area contributed by atoms with E-state index in [0.717, 1.165) is 6.26 Å². The van der Waals surface area contributed by atoms with Crippen molar-refractivity contribution in [2.75, 3.05) is 11.6 Å². The van der Waals surface area contributed by atoms with Gasteiger partial charge in [-0.25, -0.2) is 17.9 Å². The molecule has 0 bridgehead atoms. The molecule has 1 N–H and O–H groups in total. The Kier molecular flexibility index (Phi) is 4.97. The van der Waals surface area contributed by atoms with E-state index in [2.05, 4.69) is 10.4 Å². The molecule has 0 spiro atoms.